The molecule has 0 bridgehead atoms. The fourth-order valence-corrected chi connectivity index (χ4v) is 3.30. The molecule has 2 aliphatic rings. The third kappa shape index (κ3) is 3.99. The van der Waals surface area contributed by atoms with E-state index in [0.717, 1.165) is 11.3 Å². The summed E-state index contributed by atoms with van der Waals surface area (Å²) in [6.45, 7) is 3.43. The fourth-order valence-electron chi connectivity index (χ4n) is 3.30. The number of halogens is 1. The molecule has 0 spiro atoms. The molecule has 0 aliphatic carbocycles. The van der Waals surface area contributed by atoms with Crippen molar-refractivity contribution in [2.75, 3.05) is 31.3 Å². The molecule has 1 atom stereocenters. The second kappa shape index (κ2) is 7.98. The molecule has 1 amide bonds. The molecule has 4 rings (SSSR count). The number of anilines is 1. The Hall–Kier alpha value is -2.93. The smallest absolute Gasteiger partial charge is 0.414 e. The van der Waals surface area contributed by atoms with Crippen LogP contribution in [0, 0.1) is 12.7 Å². The van der Waals surface area contributed by atoms with E-state index in [1.165, 1.54) is 11.0 Å². The Bertz CT molecular complexity index is 915. The van der Waals surface area contributed by atoms with Gasteiger partial charge >= 0.3 is 6.09 Å². The summed E-state index contributed by atoms with van der Waals surface area (Å²) in [4.78, 5) is 17.9. The number of rotatable bonds is 5. The Morgan fingerprint density at radius 1 is 1.32 bits per heavy atom. The lowest BCUT2D eigenvalue weighted by Crippen LogP contribution is -2.26. The number of benzene rings is 1. The minimum Gasteiger partial charge on any atom is -0.474 e. The number of carbonyl (C=O) groups is 1. The van der Waals surface area contributed by atoms with Crippen molar-refractivity contribution in [2.45, 2.75) is 19.4 Å². The summed E-state index contributed by atoms with van der Waals surface area (Å²) < 4.78 is 30.9. The zero-order chi connectivity index (χ0) is 19.5. The maximum Gasteiger partial charge on any atom is 0.414 e. The van der Waals surface area contributed by atoms with E-state index in [4.69, 9.17) is 14.2 Å². The van der Waals surface area contributed by atoms with Crippen molar-refractivity contribution in [3.8, 4) is 5.88 Å². The monoisotopic (exact) mass is 384 g/mol. The molecule has 6 nitrogen and oxygen atoms in total. The third-order valence-corrected chi connectivity index (χ3v) is 4.73. The third-order valence-electron chi connectivity index (χ3n) is 4.73. The van der Waals surface area contributed by atoms with E-state index in [1.54, 1.807) is 18.2 Å². The van der Waals surface area contributed by atoms with Gasteiger partial charge in [-0.1, -0.05) is 12.1 Å². The number of aryl methyl sites for hydroxylation is 1. The van der Waals surface area contributed by atoms with Gasteiger partial charge in [0.05, 0.1) is 25.4 Å². The number of aromatic nitrogens is 1. The number of ether oxygens (including phenoxy) is 3. The molecule has 3 heterocycles. The summed E-state index contributed by atoms with van der Waals surface area (Å²) in [5, 5.41) is 0. The molecule has 1 saturated heterocycles. The van der Waals surface area contributed by atoms with E-state index < -0.39 is 12.2 Å². The molecule has 2 aliphatic heterocycles. The van der Waals surface area contributed by atoms with E-state index in [2.05, 4.69) is 4.98 Å². The van der Waals surface area contributed by atoms with Crippen molar-refractivity contribution in [1.82, 2.24) is 4.98 Å². The molecular formula is C21H21FN2O4. The number of hydrogen-bond acceptors (Lipinski definition) is 5. The Kier molecular flexibility index (Phi) is 5.25. The second-order valence-electron chi connectivity index (χ2n) is 6.76. The SMILES string of the molecule is Cc1cccc(OC[C@H]2CN(c3ccc(C4=CCOCC4)c(F)c3)C(=O)O2)n1. The Labute approximate surface area is 162 Å². The van der Waals surface area contributed by atoms with E-state index >= 15 is 0 Å². The number of carbonyl (C=O) groups excluding carboxylic acids is 1. The predicted octanol–water partition coefficient (Wildman–Crippen LogP) is 3.74. The standard InChI is InChI=1S/C21H21FN2O4/c1-14-3-2-4-20(23-14)27-13-17-12-24(21(25)28-17)16-5-6-18(19(22)11-16)15-7-9-26-10-8-15/h2-7,11,17H,8-10,12-13H2,1H3/t17-/m1/s1. The molecule has 146 valence electrons. The van der Waals surface area contributed by atoms with Crippen LogP contribution in [0.5, 0.6) is 5.88 Å². The predicted molar refractivity (Wildman–Crippen MR) is 102 cm³/mol. The van der Waals surface area contributed by atoms with E-state index in [1.807, 2.05) is 25.1 Å². The van der Waals surface area contributed by atoms with Crippen molar-refractivity contribution in [1.29, 1.82) is 0 Å². The Balaban J connectivity index is 1.42. The number of hydrogen-bond donors (Lipinski definition) is 0. The second-order valence-corrected chi connectivity index (χ2v) is 6.76. The highest BCUT2D eigenvalue weighted by atomic mass is 19.1. The van der Waals surface area contributed by atoms with Crippen LogP contribution in [0.25, 0.3) is 5.57 Å². The van der Waals surface area contributed by atoms with Gasteiger partial charge in [-0.2, -0.15) is 0 Å². The summed E-state index contributed by atoms with van der Waals surface area (Å²) in [6, 6.07) is 10.3. The van der Waals surface area contributed by atoms with Gasteiger partial charge in [-0.15, -0.1) is 0 Å². The van der Waals surface area contributed by atoms with Gasteiger partial charge in [-0.05, 0) is 43.2 Å². The average Bonchev–Trinajstić information content (AvgIpc) is 3.08. The van der Waals surface area contributed by atoms with Crippen LogP contribution in [0.2, 0.25) is 0 Å². The molecule has 28 heavy (non-hydrogen) atoms. The molecule has 0 radical (unpaired) electrons. The molecule has 2 aromatic rings. The van der Waals surface area contributed by atoms with E-state index in [0.29, 0.717) is 43.3 Å². The number of cyclic esters (lactones) is 1. The molecule has 0 saturated carbocycles. The zero-order valence-corrected chi connectivity index (χ0v) is 15.6. The van der Waals surface area contributed by atoms with Gasteiger partial charge in [-0.25, -0.2) is 14.2 Å². The van der Waals surface area contributed by atoms with Gasteiger partial charge in [0.2, 0.25) is 5.88 Å². The molecule has 0 N–H and O–H groups in total. The van der Waals surface area contributed by atoms with Crippen LogP contribution >= 0.6 is 0 Å². The lowest BCUT2D eigenvalue weighted by molar-refractivity contribution is 0.103. The lowest BCUT2D eigenvalue weighted by atomic mass is 10.0. The summed E-state index contributed by atoms with van der Waals surface area (Å²) in [5.41, 5.74) is 2.79. The molecular weight excluding hydrogens is 363 g/mol. The van der Waals surface area contributed by atoms with Crippen molar-refractivity contribution in [2.24, 2.45) is 0 Å². The van der Waals surface area contributed by atoms with Gasteiger partial charge in [0.1, 0.15) is 12.4 Å². The first-order valence-electron chi connectivity index (χ1n) is 9.21. The van der Waals surface area contributed by atoms with E-state index in [-0.39, 0.29) is 12.4 Å². The van der Waals surface area contributed by atoms with Crippen molar-refractivity contribution in [3.05, 3.63) is 59.5 Å². The van der Waals surface area contributed by atoms with Gasteiger partial charge in [0.25, 0.3) is 0 Å². The van der Waals surface area contributed by atoms with Crippen LogP contribution in [-0.4, -0.2) is 43.5 Å². The first-order chi connectivity index (χ1) is 13.6. The van der Waals surface area contributed by atoms with Gasteiger partial charge in [0, 0.05) is 17.3 Å². The van der Waals surface area contributed by atoms with Crippen LogP contribution < -0.4 is 9.64 Å². The molecule has 1 aromatic carbocycles. The number of amides is 1. The average molecular weight is 384 g/mol. The summed E-state index contributed by atoms with van der Waals surface area (Å²) in [7, 11) is 0. The first kappa shape index (κ1) is 18.4. The van der Waals surface area contributed by atoms with Gasteiger partial charge in [-0.3, -0.25) is 4.90 Å². The minimum atomic E-state index is -0.511. The summed E-state index contributed by atoms with van der Waals surface area (Å²) in [6.07, 6.45) is 1.60. The fraction of sp³-hybridized carbons (Fsp3) is 0.333. The quantitative estimate of drug-likeness (QED) is 0.786. The van der Waals surface area contributed by atoms with Crippen LogP contribution in [0.15, 0.2) is 42.5 Å². The molecule has 7 heteroatoms. The van der Waals surface area contributed by atoms with Crippen molar-refractivity contribution >= 4 is 17.4 Å². The number of nitrogens with zero attached hydrogens (tertiary/aromatic N) is 2. The zero-order valence-electron chi connectivity index (χ0n) is 15.6. The highest BCUT2D eigenvalue weighted by Gasteiger charge is 2.33. The van der Waals surface area contributed by atoms with Gasteiger partial charge < -0.3 is 14.2 Å². The summed E-state index contributed by atoms with van der Waals surface area (Å²) >= 11 is 0. The van der Waals surface area contributed by atoms with Crippen LogP contribution in [0.1, 0.15) is 17.7 Å². The highest BCUT2D eigenvalue weighted by Crippen LogP contribution is 2.29. The minimum absolute atomic E-state index is 0.187. The van der Waals surface area contributed by atoms with Crippen LogP contribution in [0.3, 0.4) is 0 Å². The largest absolute Gasteiger partial charge is 0.474 e. The van der Waals surface area contributed by atoms with Crippen LogP contribution in [-0.2, 0) is 9.47 Å². The highest BCUT2D eigenvalue weighted by molar-refractivity contribution is 5.90. The summed E-state index contributed by atoms with van der Waals surface area (Å²) in [5.74, 6) is 0.122. The lowest BCUT2D eigenvalue weighted by Gasteiger charge is -2.17. The van der Waals surface area contributed by atoms with E-state index in [9.17, 15) is 9.18 Å². The van der Waals surface area contributed by atoms with Crippen molar-refractivity contribution < 1.29 is 23.4 Å². The molecule has 1 aromatic heterocycles. The van der Waals surface area contributed by atoms with Crippen LogP contribution in [0.4, 0.5) is 14.9 Å². The van der Waals surface area contributed by atoms with Crippen molar-refractivity contribution in [3.63, 3.8) is 0 Å². The normalized spacial score (nSPS) is 19.4. The first-order valence-corrected chi connectivity index (χ1v) is 9.21. The van der Waals surface area contributed by atoms with Gasteiger partial charge in [0.15, 0.2) is 6.10 Å². The number of pyridine rings is 1. The Morgan fingerprint density at radius 3 is 2.96 bits per heavy atom. The Morgan fingerprint density at radius 2 is 2.21 bits per heavy atom. The molecule has 0 unspecified atom stereocenters. The maximum atomic E-state index is 14.6. The molecule has 1 fully saturated rings. The maximum absolute atomic E-state index is 14.6. The topological polar surface area (TPSA) is 60.9 Å².